The maximum absolute atomic E-state index is 12.7. The van der Waals surface area contributed by atoms with Crippen molar-refractivity contribution in [1.82, 2.24) is 19.7 Å². The zero-order valence-electron chi connectivity index (χ0n) is 16.3. The first-order valence-corrected chi connectivity index (χ1v) is 9.50. The third-order valence-corrected chi connectivity index (χ3v) is 4.83. The monoisotopic (exact) mass is 406 g/mol. The van der Waals surface area contributed by atoms with Crippen LogP contribution in [0.25, 0.3) is 33.7 Å². The van der Waals surface area contributed by atoms with E-state index in [1.54, 1.807) is 30.3 Å². The Morgan fingerprint density at radius 2 is 1.87 bits per heavy atom. The zero-order chi connectivity index (χ0) is 20.8. The van der Waals surface area contributed by atoms with Gasteiger partial charge < -0.3 is 19.0 Å². The number of nitrogens with one attached hydrogen (secondary N) is 1. The Balaban J connectivity index is 1.53. The summed E-state index contributed by atoms with van der Waals surface area (Å²) in [5.41, 5.74) is 0.981. The van der Waals surface area contributed by atoms with Gasteiger partial charge in [0.15, 0.2) is 11.5 Å². The molecule has 2 aromatic carbocycles. The van der Waals surface area contributed by atoms with E-state index in [2.05, 4.69) is 15.1 Å². The maximum Gasteiger partial charge on any atom is 0.328 e. The number of rotatable bonds is 4. The Bertz CT molecular complexity index is 1380. The minimum Gasteiger partial charge on any atom is -0.454 e. The average Bonchev–Trinajstić information content (AvgIpc) is 3.39. The number of fused-ring (bicyclic) bond motifs is 2. The Morgan fingerprint density at radius 3 is 2.70 bits per heavy atom. The molecule has 1 aliphatic heterocycles. The predicted octanol–water partition coefficient (Wildman–Crippen LogP) is 2.79. The minimum atomic E-state index is -0.440. The second kappa shape index (κ2) is 6.87. The van der Waals surface area contributed by atoms with Crippen LogP contribution in [0, 0.1) is 5.92 Å². The molecule has 9 heteroatoms. The molecule has 30 heavy (non-hydrogen) atoms. The SMILES string of the molecule is CC(C)Cn1c(=O)[nH]c2cc(-c3nc(-c4ccc5c(c4)OCO5)no3)ccc2c1=O. The highest BCUT2D eigenvalue weighted by atomic mass is 16.7. The second-order valence-electron chi connectivity index (χ2n) is 7.49. The lowest BCUT2D eigenvalue weighted by molar-refractivity contribution is 0.174. The van der Waals surface area contributed by atoms with Crippen LogP contribution in [0.3, 0.4) is 0 Å². The minimum absolute atomic E-state index is 0.175. The van der Waals surface area contributed by atoms with Crippen molar-refractivity contribution in [2.24, 2.45) is 5.92 Å². The van der Waals surface area contributed by atoms with Gasteiger partial charge in [0.2, 0.25) is 12.6 Å². The number of hydrogen-bond donors (Lipinski definition) is 1. The van der Waals surface area contributed by atoms with Gasteiger partial charge in [0.05, 0.1) is 10.9 Å². The van der Waals surface area contributed by atoms with Crippen molar-refractivity contribution in [3.05, 3.63) is 57.2 Å². The molecule has 0 atom stereocenters. The lowest BCUT2D eigenvalue weighted by Crippen LogP contribution is -2.36. The number of ether oxygens (including phenoxy) is 2. The summed E-state index contributed by atoms with van der Waals surface area (Å²) in [7, 11) is 0. The van der Waals surface area contributed by atoms with E-state index < -0.39 is 5.69 Å². The maximum atomic E-state index is 12.7. The molecule has 1 N–H and O–H groups in total. The van der Waals surface area contributed by atoms with E-state index in [0.717, 1.165) is 5.56 Å². The summed E-state index contributed by atoms with van der Waals surface area (Å²) in [5, 5.41) is 4.46. The fraction of sp³-hybridized carbons (Fsp3) is 0.238. The van der Waals surface area contributed by atoms with Gasteiger partial charge in [-0.1, -0.05) is 19.0 Å². The van der Waals surface area contributed by atoms with Crippen molar-refractivity contribution in [3.63, 3.8) is 0 Å². The Hall–Kier alpha value is -3.88. The van der Waals surface area contributed by atoms with E-state index in [1.165, 1.54) is 4.57 Å². The molecule has 1 aliphatic rings. The van der Waals surface area contributed by atoms with Crippen molar-refractivity contribution in [3.8, 4) is 34.3 Å². The number of aromatic nitrogens is 4. The summed E-state index contributed by atoms with van der Waals surface area (Å²) in [6, 6.07) is 10.4. The van der Waals surface area contributed by atoms with Crippen molar-refractivity contribution in [1.29, 1.82) is 0 Å². The van der Waals surface area contributed by atoms with Gasteiger partial charge in [-0.25, -0.2) is 4.79 Å². The van der Waals surface area contributed by atoms with Crippen molar-refractivity contribution < 1.29 is 14.0 Å². The fourth-order valence-electron chi connectivity index (χ4n) is 3.41. The molecule has 0 saturated heterocycles. The van der Waals surface area contributed by atoms with Crippen LogP contribution in [-0.4, -0.2) is 26.5 Å². The summed E-state index contributed by atoms with van der Waals surface area (Å²) < 4.78 is 17.3. The smallest absolute Gasteiger partial charge is 0.328 e. The number of H-pyrrole nitrogens is 1. The van der Waals surface area contributed by atoms with E-state index in [9.17, 15) is 9.59 Å². The van der Waals surface area contributed by atoms with Gasteiger partial charge in [0.25, 0.3) is 11.4 Å². The van der Waals surface area contributed by atoms with Gasteiger partial charge >= 0.3 is 5.69 Å². The van der Waals surface area contributed by atoms with Crippen LogP contribution in [0.2, 0.25) is 0 Å². The van der Waals surface area contributed by atoms with E-state index in [1.807, 2.05) is 19.9 Å². The molecular weight excluding hydrogens is 388 g/mol. The molecule has 152 valence electrons. The van der Waals surface area contributed by atoms with E-state index >= 15 is 0 Å². The number of aromatic amines is 1. The summed E-state index contributed by atoms with van der Waals surface area (Å²) in [4.78, 5) is 32.2. The van der Waals surface area contributed by atoms with Crippen LogP contribution in [0.4, 0.5) is 0 Å². The van der Waals surface area contributed by atoms with Crippen molar-refractivity contribution >= 4 is 10.9 Å². The molecule has 0 saturated carbocycles. The van der Waals surface area contributed by atoms with Gasteiger partial charge in [-0.2, -0.15) is 4.98 Å². The number of benzene rings is 2. The highest BCUT2D eigenvalue weighted by molar-refractivity contribution is 5.82. The van der Waals surface area contributed by atoms with Crippen LogP contribution in [0.5, 0.6) is 11.5 Å². The summed E-state index contributed by atoms with van der Waals surface area (Å²) in [5.74, 6) is 2.14. The fourth-order valence-corrected chi connectivity index (χ4v) is 3.41. The predicted molar refractivity (Wildman–Crippen MR) is 109 cm³/mol. The van der Waals surface area contributed by atoms with Gasteiger partial charge in [-0.05, 0) is 42.3 Å². The third kappa shape index (κ3) is 3.04. The van der Waals surface area contributed by atoms with Gasteiger partial charge in [0, 0.05) is 17.7 Å². The first-order valence-electron chi connectivity index (χ1n) is 9.50. The number of nitrogens with zero attached hydrogens (tertiary/aromatic N) is 3. The van der Waals surface area contributed by atoms with Crippen molar-refractivity contribution in [2.45, 2.75) is 20.4 Å². The summed E-state index contributed by atoms with van der Waals surface area (Å²) in [6.07, 6.45) is 0. The van der Waals surface area contributed by atoms with E-state index in [4.69, 9.17) is 14.0 Å². The first kappa shape index (κ1) is 18.2. The van der Waals surface area contributed by atoms with Gasteiger partial charge in [-0.15, -0.1) is 0 Å². The topological polar surface area (TPSA) is 112 Å². The van der Waals surface area contributed by atoms with E-state index in [-0.39, 0.29) is 24.2 Å². The lowest BCUT2D eigenvalue weighted by atomic mass is 10.1. The lowest BCUT2D eigenvalue weighted by Gasteiger charge is -2.08. The average molecular weight is 406 g/mol. The molecule has 0 fully saturated rings. The number of hydrogen-bond acceptors (Lipinski definition) is 7. The Kier molecular flexibility index (Phi) is 4.16. The third-order valence-electron chi connectivity index (χ3n) is 4.83. The van der Waals surface area contributed by atoms with Crippen LogP contribution < -0.4 is 20.7 Å². The molecule has 4 aromatic rings. The zero-order valence-corrected chi connectivity index (χ0v) is 16.3. The summed E-state index contributed by atoms with van der Waals surface area (Å²) in [6.45, 7) is 4.44. The molecule has 0 amide bonds. The van der Waals surface area contributed by atoms with E-state index in [0.29, 0.717) is 40.3 Å². The molecule has 0 radical (unpaired) electrons. The quantitative estimate of drug-likeness (QED) is 0.554. The largest absolute Gasteiger partial charge is 0.454 e. The molecule has 9 nitrogen and oxygen atoms in total. The Morgan fingerprint density at radius 1 is 1.07 bits per heavy atom. The molecule has 0 unspecified atom stereocenters. The van der Waals surface area contributed by atoms with Crippen LogP contribution in [0.1, 0.15) is 13.8 Å². The second-order valence-corrected chi connectivity index (χ2v) is 7.49. The Labute approximate surface area is 169 Å². The molecule has 0 bridgehead atoms. The highest BCUT2D eigenvalue weighted by Crippen LogP contribution is 2.35. The van der Waals surface area contributed by atoms with Gasteiger partial charge in [-0.3, -0.25) is 9.36 Å². The van der Waals surface area contributed by atoms with Crippen LogP contribution >= 0.6 is 0 Å². The molecule has 3 heterocycles. The molecule has 2 aromatic heterocycles. The molecule has 0 aliphatic carbocycles. The molecule has 5 rings (SSSR count). The summed E-state index contributed by atoms with van der Waals surface area (Å²) >= 11 is 0. The normalized spacial score (nSPS) is 12.8. The first-order chi connectivity index (χ1) is 14.5. The molecule has 0 spiro atoms. The van der Waals surface area contributed by atoms with Crippen molar-refractivity contribution in [2.75, 3.05) is 6.79 Å². The van der Waals surface area contributed by atoms with Crippen LogP contribution in [-0.2, 0) is 6.54 Å². The highest BCUT2D eigenvalue weighted by Gasteiger charge is 2.18. The standard InChI is InChI=1S/C21H18N4O5/c1-11(2)9-25-20(26)14-5-3-13(7-15(14)22-21(25)27)19-23-18(24-30-19)12-4-6-16-17(8-12)29-10-28-16/h3-8,11H,9-10H2,1-2H3,(H,22,27). The van der Waals surface area contributed by atoms with Crippen LogP contribution in [0.15, 0.2) is 50.5 Å². The van der Waals surface area contributed by atoms with Gasteiger partial charge in [0.1, 0.15) is 0 Å². The molecular formula is C21H18N4O5.